The molecule has 0 amide bonds. The Kier molecular flexibility index (Phi) is 9.59. The molecule has 0 spiro atoms. The molecule has 3 aliphatic rings. The molecule has 0 saturated heterocycles. The monoisotopic (exact) mass is 611 g/mol. The number of Topliss-reactive ketones (excluding diaryl/α,β-unsaturated/α-hetero) is 1. The molecule has 7 atom stereocenters. The normalized spacial score (nSPS) is 36.0. The molecule has 7 nitrogen and oxygen atoms in total. The first kappa shape index (κ1) is 36.0. The van der Waals surface area contributed by atoms with E-state index < -0.39 is 39.3 Å². The fourth-order valence-corrected chi connectivity index (χ4v) is 8.79. The molecule has 0 heterocycles. The average molecular weight is 612 g/mol. The molecule has 0 unspecified atom stereocenters. The van der Waals surface area contributed by atoms with Gasteiger partial charge in [0.05, 0.1) is 12.2 Å². The minimum absolute atomic E-state index is 0.0605. The van der Waals surface area contributed by atoms with E-state index in [0.29, 0.717) is 12.8 Å². The van der Waals surface area contributed by atoms with Crippen LogP contribution in [-0.4, -0.2) is 41.1 Å². The Bertz CT molecular complexity index is 1280. The van der Waals surface area contributed by atoms with Gasteiger partial charge in [0.1, 0.15) is 17.8 Å². The Balaban J connectivity index is 2.19. The number of ether oxygens (including phenoxy) is 2. The Labute approximate surface area is 265 Å². The maximum Gasteiger partial charge on any atom is 0.303 e. The van der Waals surface area contributed by atoms with Crippen LogP contribution in [0.15, 0.2) is 23.3 Å². The highest BCUT2D eigenvalue weighted by atomic mass is 16.6. The molecule has 0 aromatic heterocycles. The van der Waals surface area contributed by atoms with Crippen LogP contribution in [0, 0.1) is 49.7 Å². The van der Waals surface area contributed by atoms with Gasteiger partial charge in [-0.1, -0.05) is 80.4 Å². The van der Waals surface area contributed by atoms with E-state index in [-0.39, 0.29) is 40.7 Å². The van der Waals surface area contributed by atoms with Gasteiger partial charge in [0.2, 0.25) is 0 Å². The molecular formula is C37H57NO6. The third kappa shape index (κ3) is 5.93. The lowest BCUT2D eigenvalue weighted by Gasteiger charge is -2.67. The average Bonchev–Trinajstić information content (AvgIpc) is 2.92. The van der Waals surface area contributed by atoms with Crippen LogP contribution >= 0.6 is 0 Å². The van der Waals surface area contributed by atoms with Crippen molar-refractivity contribution in [2.45, 2.75) is 140 Å². The van der Waals surface area contributed by atoms with E-state index in [0.717, 1.165) is 37.7 Å². The number of hydrogen-bond acceptors (Lipinski definition) is 7. The lowest BCUT2D eigenvalue weighted by atomic mass is 9.38. The highest BCUT2D eigenvalue weighted by Crippen LogP contribution is 2.71. The summed E-state index contributed by atoms with van der Waals surface area (Å²) in [5.74, 6) is -0.987. The minimum atomic E-state index is -1.42. The maximum absolute atomic E-state index is 13.4. The predicted octanol–water partition coefficient (Wildman–Crippen LogP) is 7.66. The van der Waals surface area contributed by atoms with Crippen molar-refractivity contribution in [3.63, 3.8) is 0 Å². The van der Waals surface area contributed by atoms with Gasteiger partial charge < -0.3 is 14.6 Å². The number of carbonyl (C=O) groups excluding carboxylic acids is 3. The number of esters is 2. The Hall–Kier alpha value is -2.46. The molecule has 1 N–H and O–H groups in total. The fourth-order valence-electron chi connectivity index (χ4n) is 8.79. The largest absolute Gasteiger partial charge is 0.465 e. The van der Waals surface area contributed by atoms with E-state index in [2.05, 4.69) is 54.5 Å². The molecule has 44 heavy (non-hydrogen) atoms. The van der Waals surface area contributed by atoms with Gasteiger partial charge in [-0.05, 0) is 68.3 Å². The van der Waals surface area contributed by atoms with Crippen LogP contribution in [0.25, 0.3) is 0 Å². The molecule has 0 aromatic carbocycles. The number of allylic oxidation sites excluding steroid dienone is 3. The summed E-state index contributed by atoms with van der Waals surface area (Å²) in [6.45, 7) is 24.0. The predicted molar refractivity (Wildman–Crippen MR) is 171 cm³/mol. The number of fused-ring (bicyclic) bond motifs is 3. The number of aliphatic hydroxyl groups is 1. The zero-order valence-corrected chi connectivity index (χ0v) is 29.4. The SMILES string of the molecule is CCC(C)(C)CC[C@@](C)(CC[C@@]1(C)[C@]2(C)CC[C@H]3C(C)(C)C(=O)C(C#N)=C[C@]3(C)C2=C[C@@H](OC(C)=O)[C@@]1(C)O)COC(C)=O. The first-order chi connectivity index (χ1) is 20.0. The van der Waals surface area contributed by atoms with Crippen molar-refractivity contribution in [1.82, 2.24) is 0 Å². The van der Waals surface area contributed by atoms with E-state index in [9.17, 15) is 24.8 Å². The quantitative estimate of drug-likeness (QED) is 0.199. The van der Waals surface area contributed by atoms with Crippen molar-refractivity contribution >= 4 is 17.7 Å². The van der Waals surface area contributed by atoms with Crippen LogP contribution < -0.4 is 0 Å². The number of ketones is 1. The maximum atomic E-state index is 13.4. The van der Waals surface area contributed by atoms with Crippen molar-refractivity contribution < 1.29 is 29.0 Å². The Morgan fingerprint density at radius 2 is 1.66 bits per heavy atom. The molecule has 0 aliphatic heterocycles. The summed E-state index contributed by atoms with van der Waals surface area (Å²) in [4.78, 5) is 37.7. The Morgan fingerprint density at radius 1 is 1.05 bits per heavy atom. The van der Waals surface area contributed by atoms with Gasteiger partial charge in [0, 0.05) is 35.5 Å². The number of carbonyl (C=O) groups is 3. The summed E-state index contributed by atoms with van der Waals surface area (Å²) >= 11 is 0. The van der Waals surface area contributed by atoms with Crippen LogP contribution in [0.2, 0.25) is 0 Å². The topological polar surface area (TPSA) is 114 Å². The minimum Gasteiger partial charge on any atom is -0.465 e. The van der Waals surface area contributed by atoms with Gasteiger partial charge >= 0.3 is 11.9 Å². The standard InChI is InChI=1S/C37H57NO6/c1-13-31(4,5)16-17-33(8,23-43-24(2)39)18-19-36(11)35(10)15-14-27-32(6,7)30(41)26(22-38)21-34(27,9)28(35)20-29(37(36,12)42)44-25(3)40/h20-21,27,29,42H,13-19,23H2,1-12H3/t27-,29+,33-,34-,35+,36-,37+/m0/s1. The molecule has 1 fully saturated rings. The van der Waals surface area contributed by atoms with E-state index in [4.69, 9.17) is 9.47 Å². The first-order valence-corrected chi connectivity index (χ1v) is 16.4. The van der Waals surface area contributed by atoms with Crippen molar-refractivity contribution in [2.75, 3.05) is 6.61 Å². The highest BCUT2D eigenvalue weighted by Gasteiger charge is 2.69. The van der Waals surface area contributed by atoms with Gasteiger partial charge in [-0.25, -0.2) is 0 Å². The molecule has 246 valence electrons. The van der Waals surface area contributed by atoms with E-state index >= 15 is 0 Å². The van der Waals surface area contributed by atoms with Crippen LogP contribution in [0.4, 0.5) is 0 Å². The number of hydrogen-bond donors (Lipinski definition) is 1. The summed E-state index contributed by atoms with van der Waals surface area (Å²) < 4.78 is 11.5. The molecule has 3 rings (SSSR count). The third-order valence-electron chi connectivity index (χ3n) is 12.8. The van der Waals surface area contributed by atoms with Crippen molar-refractivity contribution in [2.24, 2.45) is 38.4 Å². The van der Waals surface area contributed by atoms with Crippen LogP contribution in [0.5, 0.6) is 0 Å². The van der Waals surface area contributed by atoms with Gasteiger partial charge in [0.15, 0.2) is 5.78 Å². The van der Waals surface area contributed by atoms with Gasteiger partial charge in [-0.2, -0.15) is 5.26 Å². The van der Waals surface area contributed by atoms with Crippen LogP contribution in [0.3, 0.4) is 0 Å². The first-order valence-electron chi connectivity index (χ1n) is 16.4. The zero-order valence-electron chi connectivity index (χ0n) is 29.4. The molecule has 0 bridgehead atoms. The smallest absolute Gasteiger partial charge is 0.303 e. The molecule has 0 radical (unpaired) electrons. The number of nitrogens with zero attached hydrogens (tertiary/aromatic N) is 1. The summed E-state index contributed by atoms with van der Waals surface area (Å²) in [6.07, 6.45) is 8.48. The van der Waals surface area contributed by atoms with Gasteiger partial charge in [0.25, 0.3) is 0 Å². The number of nitriles is 1. The molecule has 7 heteroatoms. The molecule has 1 saturated carbocycles. The van der Waals surface area contributed by atoms with Crippen molar-refractivity contribution in [1.29, 1.82) is 5.26 Å². The third-order valence-corrected chi connectivity index (χ3v) is 12.8. The molecule has 0 aromatic rings. The summed E-state index contributed by atoms with van der Waals surface area (Å²) in [6, 6.07) is 2.16. The lowest BCUT2D eigenvalue weighted by molar-refractivity contribution is -0.210. The summed E-state index contributed by atoms with van der Waals surface area (Å²) in [5.41, 5.74) is -3.16. The molecule has 3 aliphatic carbocycles. The highest BCUT2D eigenvalue weighted by molar-refractivity contribution is 6.04. The van der Waals surface area contributed by atoms with Crippen molar-refractivity contribution in [3.8, 4) is 6.07 Å². The summed E-state index contributed by atoms with van der Waals surface area (Å²) in [7, 11) is 0. The molecular weight excluding hydrogens is 554 g/mol. The second-order valence-corrected chi connectivity index (χ2v) is 16.6. The second kappa shape index (κ2) is 11.7. The second-order valence-electron chi connectivity index (χ2n) is 16.6. The number of rotatable bonds is 10. The van der Waals surface area contributed by atoms with E-state index in [1.165, 1.54) is 13.8 Å². The van der Waals surface area contributed by atoms with Crippen LogP contribution in [0.1, 0.15) is 128 Å². The van der Waals surface area contributed by atoms with E-state index in [1.54, 1.807) is 6.92 Å². The zero-order chi connectivity index (χ0) is 33.7. The van der Waals surface area contributed by atoms with Gasteiger partial charge in [-0.15, -0.1) is 0 Å². The fraction of sp³-hybridized carbons (Fsp3) is 0.784. The Morgan fingerprint density at radius 3 is 2.18 bits per heavy atom. The van der Waals surface area contributed by atoms with Crippen LogP contribution in [-0.2, 0) is 23.9 Å². The van der Waals surface area contributed by atoms with Gasteiger partial charge in [-0.3, -0.25) is 14.4 Å². The summed E-state index contributed by atoms with van der Waals surface area (Å²) in [5, 5.41) is 22.5. The lowest BCUT2D eigenvalue weighted by Crippen LogP contribution is -2.67. The van der Waals surface area contributed by atoms with Crippen molar-refractivity contribution in [3.05, 3.63) is 23.3 Å². The van der Waals surface area contributed by atoms with E-state index in [1.807, 2.05) is 26.0 Å².